The topological polar surface area (TPSA) is 45.1 Å². The van der Waals surface area contributed by atoms with Gasteiger partial charge >= 0.3 is 0 Å². The summed E-state index contributed by atoms with van der Waals surface area (Å²) in [7, 11) is 0. The third-order valence-corrected chi connectivity index (χ3v) is 2.57. The SMILES string of the molecule is OCCc1cccc(NCc2ccncc2)c1. The van der Waals surface area contributed by atoms with E-state index in [4.69, 9.17) is 5.11 Å². The molecule has 0 radical (unpaired) electrons. The number of aliphatic hydroxyl groups excluding tert-OH is 1. The summed E-state index contributed by atoms with van der Waals surface area (Å²) in [6, 6.07) is 12.1. The minimum absolute atomic E-state index is 0.188. The van der Waals surface area contributed by atoms with Gasteiger partial charge in [0, 0.05) is 31.2 Å². The van der Waals surface area contributed by atoms with Gasteiger partial charge in [0.15, 0.2) is 0 Å². The van der Waals surface area contributed by atoms with Crippen molar-refractivity contribution in [2.75, 3.05) is 11.9 Å². The fourth-order valence-corrected chi connectivity index (χ4v) is 1.67. The van der Waals surface area contributed by atoms with Crippen molar-refractivity contribution in [1.82, 2.24) is 4.98 Å². The van der Waals surface area contributed by atoms with E-state index in [9.17, 15) is 0 Å². The number of nitrogens with zero attached hydrogens (tertiary/aromatic N) is 1. The summed E-state index contributed by atoms with van der Waals surface area (Å²) in [5.74, 6) is 0. The molecule has 3 heteroatoms. The normalized spacial score (nSPS) is 10.2. The summed E-state index contributed by atoms with van der Waals surface area (Å²) in [6.07, 6.45) is 4.28. The van der Waals surface area contributed by atoms with Gasteiger partial charge in [-0.05, 0) is 41.8 Å². The number of benzene rings is 1. The summed E-state index contributed by atoms with van der Waals surface area (Å²) in [6.45, 7) is 0.971. The summed E-state index contributed by atoms with van der Waals surface area (Å²) >= 11 is 0. The zero-order valence-corrected chi connectivity index (χ0v) is 9.63. The van der Waals surface area contributed by atoms with Crippen molar-refractivity contribution in [1.29, 1.82) is 0 Å². The predicted octanol–water partition coefficient (Wildman–Crippen LogP) is 2.23. The molecule has 0 amide bonds. The first-order valence-corrected chi connectivity index (χ1v) is 5.71. The maximum absolute atomic E-state index is 8.89. The van der Waals surface area contributed by atoms with Gasteiger partial charge in [0.25, 0.3) is 0 Å². The molecular weight excluding hydrogens is 212 g/mol. The number of aromatic nitrogens is 1. The van der Waals surface area contributed by atoms with Gasteiger partial charge in [-0.3, -0.25) is 4.98 Å². The molecule has 88 valence electrons. The Bertz CT molecular complexity index is 457. The molecule has 2 rings (SSSR count). The van der Waals surface area contributed by atoms with Crippen LogP contribution in [-0.2, 0) is 13.0 Å². The lowest BCUT2D eigenvalue weighted by molar-refractivity contribution is 0.299. The van der Waals surface area contributed by atoms with Crippen molar-refractivity contribution >= 4 is 5.69 Å². The van der Waals surface area contributed by atoms with Crippen molar-refractivity contribution in [3.05, 3.63) is 59.9 Å². The molecule has 0 aliphatic rings. The lowest BCUT2D eigenvalue weighted by Crippen LogP contribution is -2.00. The molecule has 0 saturated carbocycles. The van der Waals surface area contributed by atoms with Crippen LogP contribution in [0.25, 0.3) is 0 Å². The van der Waals surface area contributed by atoms with E-state index in [1.165, 1.54) is 5.56 Å². The first kappa shape index (κ1) is 11.6. The van der Waals surface area contributed by atoms with Crippen LogP contribution in [0.2, 0.25) is 0 Å². The highest BCUT2D eigenvalue weighted by molar-refractivity contribution is 5.46. The number of hydrogen-bond donors (Lipinski definition) is 2. The second-order valence-corrected chi connectivity index (χ2v) is 3.88. The molecule has 0 saturated heterocycles. The molecule has 0 bridgehead atoms. The second kappa shape index (κ2) is 6.01. The number of anilines is 1. The summed E-state index contributed by atoms with van der Waals surface area (Å²) in [5.41, 5.74) is 3.42. The highest BCUT2D eigenvalue weighted by Gasteiger charge is 1.96. The zero-order chi connectivity index (χ0) is 11.9. The minimum Gasteiger partial charge on any atom is -0.396 e. The Morgan fingerprint density at radius 1 is 1.06 bits per heavy atom. The highest BCUT2D eigenvalue weighted by Crippen LogP contribution is 2.12. The van der Waals surface area contributed by atoms with Gasteiger partial charge in [0.1, 0.15) is 0 Å². The summed E-state index contributed by atoms with van der Waals surface area (Å²) < 4.78 is 0. The molecule has 2 aromatic rings. The van der Waals surface area contributed by atoms with E-state index in [2.05, 4.69) is 16.4 Å². The van der Waals surface area contributed by atoms with E-state index in [0.717, 1.165) is 17.8 Å². The summed E-state index contributed by atoms with van der Waals surface area (Å²) in [4.78, 5) is 3.98. The van der Waals surface area contributed by atoms with Crippen LogP contribution in [0.1, 0.15) is 11.1 Å². The van der Waals surface area contributed by atoms with E-state index in [0.29, 0.717) is 6.42 Å². The van der Waals surface area contributed by atoms with Gasteiger partial charge < -0.3 is 10.4 Å². The van der Waals surface area contributed by atoms with Gasteiger partial charge in [0.05, 0.1) is 0 Å². The minimum atomic E-state index is 0.188. The molecule has 2 N–H and O–H groups in total. The molecule has 0 unspecified atom stereocenters. The van der Waals surface area contributed by atoms with Gasteiger partial charge in [-0.1, -0.05) is 12.1 Å². The third-order valence-electron chi connectivity index (χ3n) is 2.57. The van der Waals surface area contributed by atoms with Crippen molar-refractivity contribution < 1.29 is 5.11 Å². The maximum atomic E-state index is 8.89. The third kappa shape index (κ3) is 3.57. The van der Waals surface area contributed by atoms with Crippen molar-refractivity contribution in [2.24, 2.45) is 0 Å². The Morgan fingerprint density at radius 2 is 1.88 bits per heavy atom. The Balaban J connectivity index is 1.97. The van der Waals surface area contributed by atoms with Crippen LogP contribution in [0.4, 0.5) is 5.69 Å². The Morgan fingerprint density at radius 3 is 2.65 bits per heavy atom. The van der Waals surface area contributed by atoms with E-state index in [1.807, 2.05) is 30.3 Å². The molecule has 1 aromatic carbocycles. The molecule has 0 aliphatic heterocycles. The molecule has 17 heavy (non-hydrogen) atoms. The first-order valence-electron chi connectivity index (χ1n) is 5.71. The number of aliphatic hydroxyl groups is 1. The predicted molar refractivity (Wildman–Crippen MR) is 68.8 cm³/mol. The van der Waals surface area contributed by atoms with Crippen LogP contribution in [0, 0.1) is 0 Å². The number of hydrogen-bond acceptors (Lipinski definition) is 3. The first-order chi connectivity index (χ1) is 8.38. The van der Waals surface area contributed by atoms with Crippen molar-refractivity contribution in [2.45, 2.75) is 13.0 Å². The molecular formula is C14H16N2O. The standard InChI is InChI=1S/C14H16N2O/c17-9-6-12-2-1-3-14(10-12)16-11-13-4-7-15-8-5-13/h1-5,7-8,10,16-17H,6,9,11H2. The number of rotatable bonds is 5. The monoisotopic (exact) mass is 228 g/mol. The van der Waals surface area contributed by atoms with Gasteiger partial charge in [-0.2, -0.15) is 0 Å². The van der Waals surface area contributed by atoms with E-state index < -0.39 is 0 Å². The van der Waals surface area contributed by atoms with Crippen LogP contribution in [0.5, 0.6) is 0 Å². The van der Waals surface area contributed by atoms with Crippen LogP contribution >= 0.6 is 0 Å². The lowest BCUT2D eigenvalue weighted by Gasteiger charge is -2.07. The Labute approximate surface area is 101 Å². The van der Waals surface area contributed by atoms with E-state index in [-0.39, 0.29) is 6.61 Å². The van der Waals surface area contributed by atoms with Crippen molar-refractivity contribution in [3.63, 3.8) is 0 Å². The number of pyridine rings is 1. The fourth-order valence-electron chi connectivity index (χ4n) is 1.67. The van der Waals surface area contributed by atoms with E-state index in [1.54, 1.807) is 12.4 Å². The largest absolute Gasteiger partial charge is 0.396 e. The van der Waals surface area contributed by atoms with Crippen LogP contribution in [0.3, 0.4) is 0 Å². The fraction of sp³-hybridized carbons (Fsp3) is 0.214. The molecule has 0 fully saturated rings. The number of nitrogens with one attached hydrogen (secondary N) is 1. The quantitative estimate of drug-likeness (QED) is 0.825. The van der Waals surface area contributed by atoms with Crippen LogP contribution < -0.4 is 5.32 Å². The molecule has 0 aliphatic carbocycles. The molecule has 0 atom stereocenters. The zero-order valence-electron chi connectivity index (χ0n) is 9.63. The maximum Gasteiger partial charge on any atom is 0.0471 e. The molecule has 1 aromatic heterocycles. The van der Waals surface area contributed by atoms with Gasteiger partial charge in [-0.15, -0.1) is 0 Å². The van der Waals surface area contributed by atoms with Crippen molar-refractivity contribution in [3.8, 4) is 0 Å². The molecule has 3 nitrogen and oxygen atoms in total. The van der Waals surface area contributed by atoms with Crippen LogP contribution in [-0.4, -0.2) is 16.7 Å². The Kier molecular flexibility index (Phi) is 4.11. The molecule has 1 heterocycles. The Hall–Kier alpha value is -1.87. The summed E-state index contributed by atoms with van der Waals surface area (Å²) in [5, 5.41) is 12.2. The van der Waals surface area contributed by atoms with Crippen LogP contribution in [0.15, 0.2) is 48.8 Å². The average molecular weight is 228 g/mol. The molecule has 0 spiro atoms. The van der Waals surface area contributed by atoms with Gasteiger partial charge in [-0.25, -0.2) is 0 Å². The smallest absolute Gasteiger partial charge is 0.0471 e. The lowest BCUT2D eigenvalue weighted by atomic mass is 10.1. The second-order valence-electron chi connectivity index (χ2n) is 3.88. The van der Waals surface area contributed by atoms with E-state index >= 15 is 0 Å². The van der Waals surface area contributed by atoms with Gasteiger partial charge in [0.2, 0.25) is 0 Å². The highest BCUT2D eigenvalue weighted by atomic mass is 16.2. The average Bonchev–Trinajstić information content (AvgIpc) is 2.39.